The summed E-state index contributed by atoms with van der Waals surface area (Å²) in [6.45, 7) is 0. The molecular formula is C12H14BrNO2. The number of ether oxygens (including phenoxy) is 1. The summed E-state index contributed by atoms with van der Waals surface area (Å²) >= 11 is 3.38. The largest absolute Gasteiger partial charge is 0.495 e. The number of aldehydes is 1. The lowest BCUT2D eigenvalue weighted by Crippen LogP contribution is -2.05. The smallest absolute Gasteiger partial charge is 0.150 e. The van der Waals surface area contributed by atoms with Crippen molar-refractivity contribution in [1.82, 2.24) is 4.90 Å². The van der Waals surface area contributed by atoms with Gasteiger partial charge in [0.05, 0.1) is 7.11 Å². The molecule has 0 spiro atoms. The van der Waals surface area contributed by atoms with Crippen molar-refractivity contribution in [3.8, 4) is 0 Å². The number of benzene rings is 1. The summed E-state index contributed by atoms with van der Waals surface area (Å²) in [5.41, 5.74) is 1.39. The highest BCUT2D eigenvalue weighted by molar-refractivity contribution is 9.10. The minimum absolute atomic E-state index is 0.609. The number of nitrogens with zero attached hydrogens (tertiary/aromatic N) is 1. The van der Waals surface area contributed by atoms with Crippen molar-refractivity contribution >= 4 is 28.0 Å². The fraction of sp³-hybridized carbons (Fsp3) is 0.250. The first-order valence-corrected chi connectivity index (χ1v) is 5.55. The lowest BCUT2D eigenvalue weighted by molar-refractivity contribution is 0.112. The number of rotatable bonds is 4. The molecule has 0 unspecified atom stereocenters. The average Bonchev–Trinajstić information content (AvgIpc) is 2.25. The first-order chi connectivity index (χ1) is 7.58. The van der Waals surface area contributed by atoms with E-state index >= 15 is 0 Å². The quantitative estimate of drug-likeness (QED) is 0.629. The van der Waals surface area contributed by atoms with Gasteiger partial charge < -0.3 is 9.64 Å². The van der Waals surface area contributed by atoms with Crippen molar-refractivity contribution < 1.29 is 9.53 Å². The molecule has 0 saturated carbocycles. The zero-order chi connectivity index (χ0) is 12.1. The van der Waals surface area contributed by atoms with E-state index in [1.165, 1.54) is 0 Å². The Morgan fingerprint density at radius 1 is 1.44 bits per heavy atom. The number of carbonyl (C=O) groups excluding carboxylic acids is 1. The van der Waals surface area contributed by atoms with E-state index in [1.807, 2.05) is 37.3 Å². The van der Waals surface area contributed by atoms with E-state index in [2.05, 4.69) is 15.9 Å². The molecule has 0 radical (unpaired) electrons. The summed E-state index contributed by atoms with van der Waals surface area (Å²) in [6.07, 6.45) is 2.65. The second kappa shape index (κ2) is 5.70. The molecule has 0 heterocycles. The normalized spacial score (nSPS) is 11.1. The van der Waals surface area contributed by atoms with Gasteiger partial charge in [0, 0.05) is 35.9 Å². The van der Waals surface area contributed by atoms with Crippen LogP contribution < -0.4 is 0 Å². The lowest BCUT2D eigenvalue weighted by atomic mass is 10.1. The minimum atomic E-state index is 0.609. The van der Waals surface area contributed by atoms with Crippen LogP contribution in [0.4, 0.5) is 0 Å². The van der Waals surface area contributed by atoms with E-state index in [0.717, 1.165) is 16.3 Å². The highest BCUT2D eigenvalue weighted by Crippen LogP contribution is 2.23. The van der Waals surface area contributed by atoms with Gasteiger partial charge >= 0.3 is 0 Å². The molecule has 1 aromatic rings. The van der Waals surface area contributed by atoms with Crippen molar-refractivity contribution in [3.05, 3.63) is 40.0 Å². The molecule has 1 rings (SSSR count). The first-order valence-electron chi connectivity index (χ1n) is 4.76. The van der Waals surface area contributed by atoms with Crippen LogP contribution in [0.2, 0.25) is 0 Å². The molecule has 0 fully saturated rings. The molecule has 3 nitrogen and oxygen atoms in total. The SMILES string of the molecule is CO/C(=C/N(C)C)c1cc(Br)ccc1C=O. The third-order valence-corrected chi connectivity index (χ3v) is 2.50. The summed E-state index contributed by atoms with van der Waals surface area (Å²) in [6, 6.07) is 5.45. The fourth-order valence-corrected chi connectivity index (χ4v) is 1.67. The van der Waals surface area contributed by atoms with Crippen molar-refractivity contribution in [2.75, 3.05) is 21.2 Å². The molecule has 86 valence electrons. The van der Waals surface area contributed by atoms with Crippen LogP contribution >= 0.6 is 15.9 Å². The van der Waals surface area contributed by atoms with Gasteiger partial charge in [0.1, 0.15) is 5.76 Å². The fourth-order valence-electron chi connectivity index (χ4n) is 1.31. The molecule has 0 N–H and O–H groups in total. The van der Waals surface area contributed by atoms with Gasteiger partial charge in [-0.1, -0.05) is 15.9 Å². The Labute approximate surface area is 104 Å². The van der Waals surface area contributed by atoms with Gasteiger partial charge in [-0.2, -0.15) is 0 Å². The monoisotopic (exact) mass is 283 g/mol. The van der Waals surface area contributed by atoms with Gasteiger partial charge in [-0.25, -0.2) is 0 Å². The summed E-state index contributed by atoms with van der Waals surface area (Å²) in [5, 5.41) is 0. The number of hydrogen-bond acceptors (Lipinski definition) is 3. The maximum absolute atomic E-state index is 10.9. The Hall–Kier alpha value is -1.29. The second-order valence-electron chi connectivity index (χ2n) is 3.51. The molecule has 0 aliphatic rings. The topological polar surface area (TPSA) is 29.5 Å². The van der Waals surface area contributed by atoms with E-state index in [4.69, 9.17) is 4.74 Å². The Morgan fingerprint density at radius 3 is 2.62 bits per heavy atom. The summed E-state index contributed by atoms with van der Waals surface area (Å²) in [5.74, 6) is 0.661. The molecule has 1 aromatic carbocycles. The third-order valence-electron chi connectivity index (χ3n) is 2.00. The molecular weight excluding hydrogens is 270 g/mol. The van der Waals surface area contributed by atoms with Gasteiger partial charge in [0.2, 0.25) is 0 Å². The molecule has 0 amide bonds. The van der Waals surface area contributed by atoms with Crippen LogP contribution in [-0.4, -0.2) is 32.4 Å². The van der Waals surface area contributed by atoms with E-state index in [0.29, 0.717) is 11.3 Å². The highest BCUT2D eigenvalue weighted by atomic mass is 79.9. The van der Waals surface area contributed by atoms with Gasteiger partial charge in [-0.05, 0) is 18.2 Å². The molecule has 16 heavy (non-hydrogen) atoms. The maximum atomic E-state index is 10.9. The molecule has 0 bridgehead atoms. The van der Waals surface area contributed by atoms with Crippen LogP contribution in [0.3, 0.4) is 0 Å². The van der Waals surface area contributed by atoms with E-state index in [1.54, 1.807) is 13.2 Å². The highest BCUT2D eigenvalue weighted by Gasteiger charge is 2.08. The number of hydrogen-bond donors (Lipinski definition) is 0. The van der Waals surface area contributed by atoms with Crippen LogP contribution in [0.25, 0.3) is 5.76 Å². The van der Waals surface area contributed by atoms with E-state index in [-0.39, 0.29) is 0 Å². The first kappa shape index (κ1) is 12.8. The molecule has 0 aliphatic heterocycles. The third kappa shape index (κ3) is 3.10. The number of halogens is 1. The van der Waals surface area contributed by atoms with Gasteiger partial charge in [0.15, 0.2) is 6.29 Å². The summed E-state index contributed by atoms with van der Waals surface area (Å²) in [4.78, 5) is 12.8. The van der Waals surface area contributed by atoms with E-state index < -0.39 is 0 Å². The molecule has 4 heteroatoms. The van der Waals surface area contributed by atoms with Crippen molar-refractivity contribution in [2.24, 2.45) is 0 Å². The standard InChI is InChI=1S/C12H14BrNO2/c1-14(2)7-12(16-3)11-6-10(13)5-4-9(11)8-15/h4-8H,1-3H3/b12-7+. The maximum Gasteiger partial charge on any atom is 0.150 e. The zero-order valence-electron chi connectivity index (χ0n) is 9.53. The Kier molecular flexibility index (Phi) is 4.55. The van der Waals surface area contributed by atoms with Crippen LogP contribution in [-0.2, 0) is 4.74 Å². The number of carbonyl (C=O) groups is 1. The predicted molar refractivity (Wildman–Crippen MR) is 68.2 cm³/mol. The van der Waals surface area contributed by atoms with Crippen molar-refractivity contribution in [2.45, 2.75) is 0 Å². The minimum Gasteiger partial charge on any atom is -0.495 e. The number of methoxy groups -OCH3 is 1. The van der Waals surface area contributed by atoms with Gasteiger partial charge in [-0.15, -0.1) is 0 Å². The Morgan fingerprint density at radius 2 is 2.12 bits per heavy atom. The van der Waals surface area contributed by atoms with Crippen LogP contribution in [0.15, 0.2) is 28.9 Å². The van der Waals surface area contributed by atoms with Crippen molar-refractivity contribution in [3.63, 3.8) is 0 Å². The Bertz CT molecular complexity index is 413. The van der Waals surface area contributed by atoms with Crippen LogP contribution in [0.1, 0.15) is 15.9 Å². The summed E-state index contributed by atoms with van der Waals surface area (Å²) < 4.78 is 6.20. The Balaban J connectivity index is 3.28. The van der Waals surface area contributed by atoms with Crippen molar-refractivity contribution in [1.29, 1.82) is 0 Å². The van der Waals surface area contributed by atoms with Crippen LogP contribution in [0.5, 0.6) is 0 Å². The van der Waals surface area contributed by atoms with Crippen LogP contribution in [0, 0.1) is 0 Å². The lowest BCUT2D eigenvalue weighted by Gasteiger charge is -2.13. The van der Waals surface area contributed by atoms with Gasteiger partial charge in [0.25, 0.3) is 0 Å². The zero-order valence-corrected chi connectivity index (χ0v) is 11.1. The average molecular weight is 284 g/mol. The molecule has 0 aliphatic carbocycles. The second-order valence-corrected chi connectivity index (χ2v) is 4.43. The molecule has 0 atom stereocenters. The van der Waals surface area contributed by atoms with Gasteiger partial charge in [-0.3, -0.25) is 4.79 Å². The summed E-state index contributed by atoms with van der Waals surface area (Å²) in [7, 11) is 5.39. The predicted octanol–water partition coefficient (Wildman–Crippen LogP) is 2.77. The molecule has 0 aromatic heterocycles. The van der Waals surface area contributed by atoms with E-state index in [9.17, 15) is 4.79 Å². The molecule has 0 saturated heterocycles.